The van der Waals surface area contributed by atoms with Gasteiger partial charge in [0.15, 0.2) is 11.5 Å². The molecule has 0 bridgehead atoms. The number of hydrogen-bond acceptors (Lipinski definition) is 9. The summed E-state index contributed by atoms with van der Waals surface area (Å²) in [6, 6.07) is 10.5. The first-order valence-corrected chi connectivity index (χ1v) is 9.49. The van der Waals surface area contributed by atoms with Crippen LogP contribution in [-0.2, 0) is 4.79 Å². The van der Waals surface area contributed by atoms with Crippen molar-refractivity contribution in [1.82, 2.24) is 20.2 Å². The fourth-order valence-electron chi connectivity index (χ4n) is 2.68. The summed E-state index contributed by atoms with van der Waals surface area (Å²) in [5.41, 5.74) is 1.26. The van der Waals surface area contributed by atoms with E-state index in [1.54, 1.807) is 50.6 Å². The second-order valence-corrected chi connectivity index (χ2v) is 6.76. The average Bonchev–Trinajstić information content (AvgIpc) is 3.40. The number of carbonyl (C=O) groups is 1. The SMILES string of the molecule is COc1ccc(-n2nnnc2SCC(=O)Nc2ccc3c(c2)OCO3)c(OC)c1. The molecule has 4 rings (SSSR count). The Bertz CT molecular complexity index is 1040. The van der Waals surface area contributed by atoms with Gasteiger partial charge in [-0.1, -0.05) is 11.8 Å². The monoisotopic (exact) mass is 415 g/mol. The first kappa shape index (κ1) is 18.9. The van der Waals surface area contributed by atoms with E-state index >= 15 is 0 Å². The molecule has 0 saturated heterocycles. The van der Waals surface area contributed by atoms with Crippen LogP contribution in [0.4, 0.5) is 5.69 Å². The predicted molar refractivity (Wildman–Crippen MR) is 104 cm³/mol. The van der Waals surface area contributed by atoms with Crippen molar-refractivity contribution in [2.45, 2.75) is 5.16 Å². The summed E-state index contributed by atoms with van der Waals surface area (Å²) in [7, 11) is 3.12. The van der Waals surface area contributed by atoms with Gasteiger partial charge in [0.25, 0.3) is 0 Å². The van der Waals surface area contributed by atoms with Gasteiger partial charge >= 0.3 is 0 Å². The average molecular weight is 415 g/mol. The van der Waals surface area contributed by atoms with Crippen molar-refractivity contribution >= 4 is 23.4 Å². The molecule has 0 aliphatic carbocycles. The minimum Gasteiger partial charge on any atom is -0.497 e. The lowest BCUT2D eigenvalue weighted by atomic mass is 10.3. The van der Waals surface area contributed by atoms with Crippen molar-refractivity contribution in [3.05, 3.63) is 36.4 Å². The van der Waals surface area contributed by atoms with Crippen LogP contribution in [0.15, 0.2) is 41.6 Å². The molecule has 2 heterocycles. The Morgan fingerprint density at radius 3 is 2.86 bits per heavy atom. The van der Waals surface area contributed by atoms with E-state index in [9.17, 15) is 4.79 Å². The van der Waals surface area contributed by atoms with Gasteiger partial charge in [-0.15, -0.1) is 5.10 Å². The van der Waals surface area contributed by atoms with Gasteiger partial charge in [-0.05, 0) is 34.7 Å². The number of fused-ring (bicyclic) bond motifs is 1. The minimum atomic E-state index is -0.204. The van der Waals surface area contributed by atoms with Gasteiger partial charge in [-0.25, -0.2) is 0 Å². The van der Waals surface area contributed by atoms with Crippen LogP contribution in [0.2, 0.25) is 0 Å². The smallest absolute Gasteiger partial charge is 0.234 e. The Hall–Kier alpha value is -3.47. The number of thioether (sulfide) groups is 1. The van der Waals surface area contributed by atoms with Crippen molar-refractivity contribution in [3.8, 4) is 28.7 Å². The summed E-state index contributed by atoms with van der Waals surface area (Å²) >= 11 is 1.20. The van der Waals surface area contributed by atoms with Gasteiger partial charge in [-0.3, -0.25) is 4.79 Å². The molecule has 0 radical (unpaired) electrons. The summed E-state index contributed by atoms with van der Waals surface area (Å²) < 4.78 is 22.7. The van der Waals surface area contributed by atoms with Gasteiger partial charge in [-0.2, -0.15) is 4.68 Å². The van der Waals surface area contributed by atoms with Crippen LogP contribution in [-0.4, -0.2) is 52.9 Å². The Morgan fingerprint density at radius 2 is 2.03 bits per heavy atom. The summed E-state index contributed by atoms with van der Waals surface area (Å²) in [6.45, 7) is 0.181. The molecule has 1 aliphatic heterocycles. The van der Waals surface area contributed by atoms with Gasteiger partial charge in [0.05, 0.1) is 20.0 Å². The molecule has 1 aliphatic rings. The Balaban J connectivity index is 1.44. The molecule has 0 fully saturated rings. The standard InChI is InChI=1S/C18H17N5O5S/c1-25-12-4-5-13(15(8-12)26-2)23-18(20-21-22-23)29-9-17(24)19-11-3-6-14-16(7-11)28-10-27-14/h3-8H,9-10H2,1-2H3,(H,19,24). The van der Waals surface area contributed by atoms with E-state index in [4.69, 9.17) is 18.9 Å². The Morgan fingerprint density at radius 1 is 1.17 bits per heavy atom. The van der Waals surface area contributed by atoms with Gasteiger partial charge in [0.2, 0.25) is 17.9 Å². The predicted octanol–water partition coefficient (Wildman–Crippen LogP) is 2.14. The number of nitrogens with one attached hydrogen (secondary N) is 1. The van der Waals surface area contributed by atoms with Crippen molar-refractivity contribution in [1.29, 1.82) is 0 Å². The van der Waals surface area contributed by atoms with Crippen LogP contribution in [0.25, 0.3) is 5.69 Å². The fourth-order valence-corrected chi connectivity index (χ4v) is 3.37. The maximum absolute atomic E-state index is 12.3. The highest BCUT2D eigenvalue weighted by atomic mass is 32.2. The van der Waals surface area contributed by atoms with E-state index in [1.165, 1.54) is 16.4 Å². The Labute approximate surface area is 170 Å². The van der Waals surface area contributed by atoms with E-state index in [0.29, 0.717) is 39.5 Å². The molecule has 0 atom stereocenters. The zero-order chi connectivity index (χ0) is 20.2. The molecule has 0 spiro atoms. The van der Waals surface area contributed by atoms with E-state index in [-0.39, 0.29) is 18.5 Å². The van der Waals surface area contributed by atoms with Crippen molar-refractivity contribution < 1.29 is 23.7 Å². The highest BCUT2D eigenvalue weighted by Crippen LogP contribution is 2.34. The fraction of sp³-hybridized carbons (Fsp3) is 0.222. The number of anilines is 1. The number of amides is 1. The molecule has 10 nitrogen and oxygen atoms in total. The van der Waals surface area contributed by atoms with E-state index < -0.39 is 0 Å². The molecule has 2 aromatic carbocycles. The summed E-state index contributed by atoms with van der Waals surface area (Å²) in [5, 5.41) is 15.0. The molecule has 11 heteroatoms. The number of tetrazole rings is 1. The number of ether oxygens (including phenoxy) is 4. The number of aromatic nitrogens is 4. The Kier molecular flexibility index (Phi) is 5.38. The number of carbonyl (C=O) groups excluding carboxylic acids is 1. The molecule has 1 aromatic heterocycles. The molecule has 0 unspecified atom stereocenters. The molecule has 150 valence electrons. The van der Waals surface area contributed by atoms with E-state index in [1.807, 2.05) is 0 Å². The lowest BCUT2D eigenvalue weighted by Gasteiger charge is -2.11. The van der Waals surface area contributed by atoms with Crippen LogP contribution < -0.4 is 24.3 Å². The third kappa shape index (κ3) is 4.04. The van der Waals surface area contributed by atoms with Crippen molar-refractivity contribution in [2.75, 3.05) is 32.1 Å². The zero-order valence-corrected chi connectivity index (χ0v) is 16.4. The maximum atomic E-state index is 12.3. The normalized spacial score (nSPS) is 11.9. The highest BCUT2D eigenvalue weighted by Gasteiger charge is 2.17. The topological polar surface area (TPSA) is 110 Å². The third-order valence-corrected chi connectivity index (χ3v) is 4.96. The third-order valence-electron chi connectivity index (χ3n) is 4.04. The lowest BCUT2D eigenvalue weighted by Crippen LogP contribution is -2.14. The molecule has 3 aromatic rings. The van der Waals surface area contributed by atoms with Crippen LogP contribution in [0.1, 0.15) is 0 Å². The maximum Gasteiger partial charge on any atom is 0.234 e. The largest absolute Gasteiger partial charge is 0.497 e. The molecule has 1 amide bonds. The number of nitrogens with zero attached hydrogens (tertiary/aromatic N) is 4. The zero-order valence-electron chi connectivity index (χ0n) is 15.6. The van der Waals surface area contributed by atoms with Crippen LogP contribution >= 0.6 is 11.8 Å². The van der Waals surface area contributed by atoms with Gasteiger partial charge in [0, 0.05) is 17.8 Å². The number of hydrogen-bond donors (Lipinski definition) is 1. The van der Waals surface area contributed by atoms with E-state index in [0.717, 1.165) is 0 Å². The van der Waals surface area contributed by atoms with Crippen LogP contribution in [0.3, 0.4) is 0 Å². The van der Waals surface area contributed by atoms with E-state index in [2.05, 4.69) is 20.8 Å². The van der Waals surface area contributed by atoms with Crippen LogP contribution in [0, 0.1) is 0 Å². The number of methoxy groups -OCH3 is 2. The number of benzene rings is 2. The quantitative estimate of drug-likeness (QED) is 0.580. The lowest BCUT2D eigenvalue weighted by molar-refractivity contribution is -0.113. The second-order valence-electron chi connectivity index (χ2n) is 5.82. The number of rotatable bonds is 7. The molecule has 1 N–H and O–H groups in total. The molecular weight excluding hydrogens is 398 g/mol. The molecule has 29 heavy (non-hydrogen) atoms. The molecular formula is C18H17N5O5S. The summed E-state index contributed by atoms with van der Waals surface area (Å²) in [5.74, 6) is 2.37. The van der Waals surface area contributed by atoms with Crippen molar-refractivity contribution in [3.63, 3.8) is 0 Å². The minimum absolute atomic E-state index is 0.118. The van der Waals surface area contributed by atoms with Gasteiger partial charge in [0.1, 0.15) is 17.2 Å². The highest BCUT2D eigenvalue weighted by molar-refractivity contribution is 7.99. The van der Waals surface area contributed by atoms with Crippen molar-refractivity contribution in [2.24, 2.45) is 0 Å². The van der Waals surface area contributed by atoms with Crippen LogP contribution in [0.5, 0.6) is 23.0 Å². The summed E-state index contributed by atoms with van der Waals surface area (Å²) in [4.78, 5) is 12.3. The van der Waals surface area contributed by atoms with Gasteiger partial charge < -0.3 is 24.3 Å². The first-order chi connectivity index (χ1) is 14.2. The second kappa shape index (κ2) is 8.27. The first-order valence-electron chi connectivity index (χ1n) is 8.51. The summed E-state index contributed by atoms with van der Waals surface area (Å²) in [6.07, 6.45) is 0. The molecule has 0 saturated carbocycles.